The van der Waals surface area contributed by atoms with Gasteiger partial charge < -0.3 is 9.51 Å². The quantitative estimate of drug-likeness (QED) is 0.820. The van der Waals surface area contributed by atoms with E-state index in [4.69, 9.17) is 5.11 Å². The molecule has 6 heteroatoms. The summed E-state index contributed by atoms with van der Waals surface area (Å²) in [4.78, 5) is 13.8. The molecule has 4 nitrogen and oxygen atoms in total. The normalized spacial score (nSPS) is 11.9. The molecule has 0 amide bonds. The van der Waals surface area contributed by atoms with E-state index < -0.39 is 17.6 Å². The largest absolute Gasteiger partial charge is 0.476 e. The van der Waals surface area contributed by atoms with Gasteiger partial charge in [-0.2, -0.15) is 8.78 Å². The van der Waals surface area contributed by atoms with Gasteiger partial charge in [0.05, 0.1) is 0 Å². The van der Waals surface area contributed by atoms with Crippen molar-refractivity contribution in [3.63, 3.8) is 0 Å². The fraction of sp³-hybridized carbons (Fsp3) is 0.111. The maximum Gasteiger partial charge on any atom is 0.385 e. The third-order valence-corrected chi connectivity index (χ3v) is 1.95. The van der Waals surface area contributed by atoms with E-state index in [9.17, 15) is 13.6 Å². The lowest BCUT2D eigenvalue weighted by atomic mass is 10.2. The average Bonchev–Trinajstić information content (AvgIpc) is 2.61. The van der Waals surface area contributed by atoms with E-state index >= 15 is 0 Å². The van der Waals surface area contributed by atoms with Crippen LogP contribution in [0.4, 0.5) is 8.78 Å². The number of carbonyl (C=O) groups is 1. The number of aliphatic carboxylic acids is 1. The molecule has 0 aliphatic rings. The number of aromatic nitrogens is 2. The van der Waals surface area contributed by atoms with Gasteiger partial charge in [0, 0.05) is 12.4 Å². The van der Waals surface area contributed by atoms with Crippen molar-refractivity contribution in [2.75, 3.05) is 0 Å². The van der Waals surface area contributed by atoms with Crippen molar-refractivity contribution in [3.05, 3.63) is 36.3 Å². The molecule has 0 radical (unpaired) electrons. The minimum Gasteiger partial charge on any atom is -0.476 e. The molecule has 0 saturated heterocycles. The first-order chi connectivity index (χ1) is 7.01. The van der Waals surface area contributed by atoms with E-state index in [1.807, 2.05) is 0 Å². The molecule has 2 aromatic heterocycles. The molecule has 0 aliphatic carbocycles. The summed E-state index contributed by atoms with van der Waals surface area (Å²) >= 11 is 0. The van der Waals surface area contributed by atoms with E-state index in [1.165, 1.54) is 16.7 Å². The van der Waals surface area contributed by atoms with Gasteiger partial charge in [0.15, 0.2) is 0 Å². The minimum absolute atomic E-state index is 0.286. The number of carboxylic acid groups (broad SMARTS) is 1. The van der Waals surface area contributed by atoms with Crippen molar-refractivity contribution in [3.8, 4) is 0 Å². The van der Waals surface area contributed by atoms with E-state index in [1.54, 1.807) is 12.1 Å². The fourth-order valence-corrected chi connectivity index (χ4v) is 1.20. The Morgan fingerprint density at radius 1 is 1.47 bits per heavy atom. The maximum absolute atomic E-state index is 13.0. The number of carboxylic acids is 1. The number of rotatable bonds is 2. The van der Waals surface area contributed by atoms with Gasteiger partial charge in [-0.05, 0) is 12.1 Å². The third kappa shape index (κ3) is 1.43. The lowest BCUT2D eigenvalue weighted by Crippen LogP contribution is -2.25. The van der Waals surface area contributed by atoms with Gasteiger partial charge in [0.2, 0.25) is 0 Å². The van der Waals surface area contributed by atoms with E-state index in [0.29, 0.717) is 0 Å². The Balaban J connectivity index is 2.58. The van der Waals surface area contributed by atoms with Crippen LogP contribution in [-0.4, -0.2) is 20.5 Å². The second-order valence-corrected chi connectivity index (χ2v) is 2.97. The first kappa shape index (κ1) is 9.57. The Labute approximate surface area is 82.8 Å². The number of nitrogens with zero attached hydrogens (tertiary/aromatic N) is 2. The summed E-state index contributed by atoms with van der Waals surface area (Å²) in [5.41, 5.74) is -0.477. The van der Waals surface area contributed by atoms with Gasteiger partial charge in [-0.25, -0.2) is 9.78 Å². The van der Waals surface area contributed by atoms with Gasteiger partial charge in [-0.15, -0.1) is 0 Å². The summed E-state index contributed by atoms with van der Waals surface area (Å²) < 4.78 is 27.4. The van der Waals surface area contributed by atoms with Crippen LogP contribution in [0.5, 0.6) is 0 Å². The van der Waals surface area contributed by atoms with E-state index in [-0.39, 0.29) is 5.65 Å². The van der Waals surface area contributed by atoms with Crippen LogP contribution in [0.3, 0.4) is 0 Å². The van der Waals surface area contributed by atoms with Crippen LogP contribution in [-0.2, 0) is 10.7 Å². The van der Waals surface area contributed by atoms with Crippen LogP contribution >= 0.6 is 0 Å². The predicted octanol–water partition coefficient (Wildman–Crippen LogP) is 1.51. The van der Waals surface area contributed by atoms with Crippen molar-refractivity contribution >= 4 is 11.6 Å². The molecule has 2 aromatic rings. The van der Waals surface area contributed by atoms with Gasteiger partial charge >= 0.3 is 11.9 Å². The third-order valence-electron chi connectivity index (χ3n) is 1.95. The molecule has 2 heterocycles. The number of hydrogen-bond donors (Lipinski definition) is 1. The van der Waals surface area contributed by atoms with Crippen LogP contribution in [0.2, 0.25) is 0 Å². The summed E-state index contributed by atoms with van der Waals surface area (Å²) in [6, 6.07) is 4.78. The first-order valence-electron chi connectivity index (χ1n) is 4.07. The Bertz CT molecular complexity index is 489. The number of alkyl halides is 2. The monoisotopic (exact) mass is 212 g/mol. The molecule has 0 saturated carbocycles. The summed E-state index contributed by atoms with van der Waals surface area (Å²) in [5, 5.41) is 8.32. The molecule has 0 fully saturated rings. The molecule has 15 heavy (non-hydrogen) atoms. The van der Waals surface area contributed by atoms with Gasteiger partial charge in [-0.1, -0.05) is 6.07 Å². The SMILES string of the molecule is O=C(O)C(F)(F)c1cn2ccccc2n1. The van der Waals surface area contributed by atoms with Gasteiger partial charge in [0.25, 0.3) is 0 Å². The Morgan fingerprint density at radius 3 is 2.80 bits per heavy atom. The summed E-state index contributed by atoms with van der Waals surface area (Å²) in [5.74, 6) is -6.16. The second-order valence-electron chi connectivity index (χ2n) is 2.97. The minimum atomic E-state index is -3.95. The first-order valence-corrected chi connectivity index (χ1v) is 4.07. The maximum atomic E-state index is 13.0. The number of fused-ring (bicyclic) bond motifs is 1. The fourth-order valence-electron chi connectivity index (χ4n) is 1.20. The highest BCUT2D eigenvalue weighted by molar-refractivity contribution is 5.76. The highest BCUT2D eigenvalue weighted by Crippen LogP contribution is 2.27. The molecule has 0 unspecified atom stereocenters. The number of hydrogen-bond acceptors (Lipinski definition) is 2. The van der Waals surface area contributed by atoms with E-state index in [0.717, 1.165) is 6.20 Å². The van der Waals surface area contributed by atoms with Crippen molar-refractivity contribution < 1.29 is 18.7 Å². The second kappa shape index (κ2) is 3.01. The zero-order valence-electron chi connectivity index (χ0n) is 7.39. The predicted molar refractivity (Wildman–Crippen MR) is 46.7 cm³/mol. The summed E-state index contributed by atoms with van der Waals surface area (Å²) in [6.07, 6.45) is 2.52. The molecule has 0 bridgehead atoms. The molecule has 2 rings (SSSR count). The summed E-state index contributed by atoms with van der Waals surface area (Å²) in [6.45, 7) is 0. The topological polar surface area (TPSA) is 54.6 Å². The molecule has 0 aromatic carbocycles. The molecule has 0 spiro atoms. The lowest BCUT2D eigenvalue weighted by molar-refractivity contribution is -0.166. The highest BCUT2D eigenvalue weighted by Gasteiger charge is 2.43. The Morgan fingerprint density at radius 2 is 2.20 bits per heavy atom. The van der Waals surface area contributed by atoms with Crippen LogP contribution in [0.15, 0.2) is 30.6 Å². The average molecular weight is 212 g/mol. The van der Waals surface area contributed by atoms with Gasteiger partial charge in [0.1, 0.15) is 11.3 Å². The Hall–Kier alpha value is -1.98. The molecule has 78 valence electrons. The molecular weight excluding hydrogens is 206 g/mol. The Kier molecular flexibility index (Phi) is 1.92. The molecule has 0 aliphatic heterocycles. The van der Waals surface area contributed by atoms with Gasteiger partial charge in [-0.3, -0.25) is 0 Å². The molecule has 1 N–H and O–H groups in total. The zero-order chi connectivity index (χ0) is 11.1. The molecule has 0 atom stereocenters. The lowest BCUT2D eigenvalue weighted by Gasteiger charge is -2.05. The number of halogens is 2. The van der Waals surface area contributed by atoms with Crippen LogP contribution in [0.1, 0.15) is 5.69 Å². The van der Waals surface area contributed by atoms with E-state index in [2.05, 4.69) is 4.98 Å². The van der Waals surface area contributed by atoms with Crippen LogP contribution in [0.25, 0.3) is 5.65 Å². The van der Waals surface area contributed by atoms with Crippen molar-refractivity contribution in [2.24, 2.45) is 0 Å². The zero-order valence-corrected chi connectivity index (χ0v) is 7.39. The summed E-state index contributed by atoms with van der Waals surface area (Å²) in [7, 11) is 0. The standard InChI is InChI=1S/C9H6F2N2O2/c10-9(11,8(14)15)6-5-13-4-2-1-3-7(13)12-6/h1-5H,(H,14,15). The van der Waals surface area contributed by atoms with Crippen LogP contribution in [0, 0.1) is 0 Å². The highest BCUT2D eigenvalue weighted by atomic mass is 19.3. The van der Waals surface area contributed by atoms with Crippen molar-refractivity contribution in [1.29, 1.82) is 0 Å². The van der Waals surface area contributed by atoms with Crippen molar-refractivity contribution in [2.45, 2.75) is 5.92 Å². The molecular formula is C9H6F2N2O2. The van der Waals surface area contributed by atoms with Crippen molar-refractivity contribution in [1.82, 2.24) is 9.38 Å². The number of imidazole rings is 1. The smallest absolute Gasteiger partial charge is 0.385 e. The van der Waals surface area contributed by atoms with Crippen LogP contribution < -0.4 is 0 Å². The number of pyridine rings is 1.